The molecule has 0 unspecified atom stereocenters. The summed E-state index contributed by atoms with van der Waals surface area (Å²) < 4.78 is 5.52. The van der Waals surface area contributed by atoms with Crippen LogP contribution in [0.15, 0.2) is 55.7 Å². The number of benzene rings is 1. The van der Waals surface area contributed by atoms with Crippen molar-refractivity contribution in [1.82, 2.24) is 4.90 Å². The van der Waals surface area contributed by atoms with E-state index in [1.54, 1.807) is 29.2 Å². The first-order chi connectivity index (χ1) is 9.72. The molecule has 20 heavy (non-hydrogen) atoms. The molecule has 0 heterocycles. The molecule has 0 spiro atoms. The van der Waals surface area contributed by atoms with Crippen LogP contribution in [0.5, 0.6) is 5.75 Å². The fourth-order valence-electron chi connectivity index (χ4n) is 1.74. The smallest absolute Gasteiger partial charge is 0.247 e. The summed E-state index contributed by atoms with van der Waals surface area (Å²) in [5.41, 5.74) is 0.889. The van der Waals surface area contributed by atoms with Crippen LogP contribution in [0.3, 0.4) is 0 Å². The number of nitrogens with zero attached hydrogens (tertiary/aromatic N) is 1. The molecule has 0 radical (unpaired) electrons. The molecule has 0 aliphatic rings. The van der Waals surface area contributed by atoms with E-state index in [2.05, 4.69) is 13.2 Å². The van der Waals surface area contributed by atoms with Gasteiger partial charge < -0.3 is 9.64 Å². The van der Waals surface area contributed by atoms with Gasteiger partial charge in [-0.15, -0.1) is 13.2 Å². The van der Waals surface area contributed by atoms with Gasteiger partial charge in [0.1, 0.15) is 5.75 Å². The second-order valence-corrected chi connectivity index (χ2v) is 4.12. The summed E-state index contributed by atoms with van der Waals surface area (Å²) in [6.07, 6.45) is 6.71. The third kappa shape index (κ3) is 4.76. The van der Waals surface area contributed by atoms with Crippen LogP contribution in [-0.2, 0) is 4.79 Å². The Bertz CT molecular complexity index is 482. The number of para-hydroxylation sites is 1. The highest BCUT2D eigenvalue weighted by Crippen LogP contribution is 2.19. The zero-order valence-corrected chi connectivity index (χ0v) is 11.9. The summed E-state index contributed by atoms with van der Waals surface area (Å²) in [4.78, 5) is 13.7. The predicted octanol–water partition coefficient (Wildman–Crippen LogP) is 3.30. The van der Waals surface area contributed by atoms with Gasteiger partial charge in [0.15, 0.2) is 0 Å². The Labute approximate surface area is 120 Å². The van der Waals surface area contributed by atoms with Gasteiger partial charge in [0.2, 0.25) is 5.91 Å². The number of hydrogen-bond donors (Lipinski definition) is 0. The summed E-state index contributed by atoms with van der Waals surface area (Å²) in [5.74, 6) is 0.703. The van der Waals surface area contributed by atoms with Gasteiger partial charge in [0.25, 0.3) is 0 Å². The number of carbonyl (C=O) groups excluding carboxylic acids is 1. The van der Waals surface area contributed by atoms with E-state index in [0.29, 0.717) is 19.7 Å². The van der Waals surface area contributed by atoms with E-state index in [1.165, 1.54) is 0 Å². The van der Waals surface area contributed by atoms with E-state index < -0.39 is 0 Å². The molecule has 0 aliphatic heterocycles. The lowest BCUT2D eigenvalue weighted by molar-refractivity contribution is -0.124. The monoisotopic (exact) mass is 271 g/mol. The van der Waals surface area contributed by atoms with Crippen molar-refractivity contribution in [2.45, 2.75) is 6.92 Å². The highest BCUT2D eigenvalue weighted by atomic mass is 16.5. The molecule has 0 aromatic heterocycles. The molecule has 1 aromatic carbocycles. The molecule has 3 nitrogen and oxygen atoms in total. The number of amides is 1. The second kappa shape index (κ2) is 8.75. The van der Waals surface area contributed by atoms with E-state index in [4.69, 9.17) is 4.74 Å². The molecule has 0 bridgehead atoms. The minimum Gasteiger partial charge on any atom is -0.493 e. The Balaban J connectivity index is 2.82. The summed E-state index contributed by atoms with van der Waals surface area (Å²) in [6, 6.07) is 7.63. The van der Waals surface area contributed by atoms with Crippen molar-refractivity contribution < 1.29 is 9.53 Å². The van der Waals surface area contributed by atoms with Gasteiger partial charge in [-0.25, -0.2) is 0 Å². The lowest BCUT2D eigenvalue weighted by atomic mass is 10.2. The maximum Gasteiger partial charge on any atom is 0.247 e. The van der Waals surface area contributed by atoms with Crippen LogP contribution in [0.25, 0.3) is 6.08 Å². The molecule has 106 valence electrons. The largest absolute Gasteiger partial charge is 0.493 e. The van der Waals surface area contributed by atoms with Gasteiger partial charge in [-0.3, -0.25) is 4.79 Å². The average Bonchev–Trinajstić information content (AvgIpc) is 2.46. The first-order valence-electron chi connectivity index (χ1n) is 6.63. The Kier molecular flexibility index (Phi) is 6.90. The Morgan fingerprint density at radius 2 is 1.90 bits per heavy atom. The van der Waals surface area contributed by atoms with Crippen LogP contribution < -0.4 is 4.74 Å². The van der Waals surface area contributed by atoms with Crippen molar-refractivity contribution in [3.8, 4) is 5.75 Å². The Morgan fingerprint density at radius 3 is 2.50 bits per heavy atom. The van der Waals surface area contributed by atoms with Crippen LogP contribution in [-0.4, -0.2) is 30.5 Å². The van der Waals surface area contributed by atoms with Crippen LogP contribution in [0.2, 0.25) is 0 Å². The Hall–Kier alpha value is -2.29. The molecular formula is C17H21NO2. The molecular weight excluding hydrogens is 250 g/mol. The van der Waals surface area contributed by atoms with Crippen LogP contribution >= 0.6 is 0 Å². The van der Waals surface area contributed by atoms with Gasteiger partial charge in [-0.1, -0.05) is 30.4 Å². The van der Waals surface area contributed by atoms with Crippen LogP contribution in [0.4, 0.5) is 0 Å². The van der Waals surface area contributed by atoms with Gasteiger partial charge in [0, 0.05) is 24.7 Å². The summed E-state index contributed by atoms with van der Waals surface area (Å²) >= 11 is 0. The van der Waals surface area contributed by atoms with E-state index in [1.807, 2.05) is 31.2 Å². The maximum atomic E-state index is 12.1. The average molecular weight is 271 g/mol. The molecule has 1 rings (SSSR count). The van der Waals surface area contributed by atoms with Crippen LogP contribution in [0.1, 0.15) is 12.5 Å². The number of ether oxygens (including phenoxy) is 1. The molecule has 0 N–H and O–H groups in total. The third-order valence-electron chi connectivity index (χ3n) is 2.63. The summed E-state index contributed by atoms with van der Waals surface area (Å²) in [6.45, 7) is 10.8. The third-order valence-corrected chi connectivity index (χ3v) is 2.63. The minimum atomic E-state index is -0.0731. The van der Waals surface area contributed by atoms with E-state index in [0.717, 1.165) is 11.3 Å². The van der Waals surface area contributed by atoms with Crippen molar-refractivity contribution in [2.75, 3.05) is 19.7 Å². The maximum absolute atomic E-state index is 12.1. The fourth-order valence-corrected chi connectivity index (χ4v) is 1.74. The van der Waals surface area contributed by atoms with E-state index in [-0.39, 0.29) is 5.91 Å². The molecule has 0 saturated carbocycles. The normalized spacial score (nSPS) is 10.2. The molecule has 1 amide bonds. The lowest BCUT2D eigenvalue weighted by Gasteiger charge is -2.17. The summed E-state index contributed by atoms with van der Waals surface area (Å²) in [5, 5.41) is 0. The predicted molar refractivity (Wildman–Crippen MR) is 83.6 cm³/mol. The fraction of sp³-hybridized carbons (Fsp3) is 0.235. The molecule has 0 aliphatic carbocycles. The Morgan fingerprint density at radius 1 is 1.25 bits per heavy atom. The highest BCUT2D eigenvalue weighted by Gasteiger charge is 2.07. The molecule has 0 saturated heterocycles. The van der Waals surface area contributed by atoms with Crippen molar-refractivity contribution in [3.05, 3.63) is 61.2 Å². The zero-order chi connectivity index (χ0) is 14.8. The van der Waals surface area contributed by atoms with E-state index >= 15 is 0 Å². The van der Waals surface area contributed by atoms with Crippen LogP contribution in [0, 0.1) is 0 Å². The van der Waals surface area contributed by atoms with Gasteiger partial charge in [-0.2, -0.15) is 0 Å². The van der Waals surface area contributed by atoms with Gasteiger partial charge in [0.05, 0.1) is 6.61 Å². The molecule has 0 atom stereocenters. The van der Waals surface area contributed by atoms with Gasteiger partial charge in [-0.05, 0) is 19.1 Å². The van der Waals surface area contributed by atoms with Crippen molar-refractivity contribution >= 4 is 12.0 Å². The second-order valence-electron chi connectivity index (χ2n) is 4.12. The number of rotatable bonds is 8. The highest BCUT2D eigenvalue weighted by molar-refractivity contribution is 5.92. The number of hydrogen-bond acceptors (Lipinski definition) is 2. The minimum absolute atomic E-state index is 0.0731. The quantitative estimate of drug-likeness (QED) is 0.536. The molecule has 0 fully saturated rings. The first kappa shape index (κ1) is 15.8. The topological polar surface area (TPSA) is 29.5 Å². The van der Waals surface area contributed by atoms with Crippen molar-refractivity contribution in [1.29, 1.82) is 0 Å². The van der Waals surface area contributed by atoms with Crippen molar-refractivity contribution in [3.63, 3.8) is 0 Å². The zero-order valence-electron chi connectivity index (χ0n) is 11.9. The molecule has 1 aromatic rings. The molecule has 3 heteroatoms. The SMILES string of the molecule is C=CCN(CC=C)C(=O)/C=C/c1ccccc1OCC. The van der Waals surface area contributed by atoms with E-state index in [9.17, 15) is 4.79 Å². The lowest BCUT2D eigenvalue weighted by Crippen LogP contribution is -2.29. The standard InChI is InChI=1S/C17H21NO2/c1-4-13-18(14-5-2)17(19)12-11-15-9-7-8-10-16(15)20-6-3/h4-5,7-12H,1-2,6,13-14H2,3H3/b12-11+. The number of carbonyl (C=O) groups is 1. The summed E-state index contributed by atoms with van der Waals surface area (Å²) in [7, 11) is 0. The first-order valence-corrected chi connectivity index (χ1v) is 6.63. The van der Waals surface area contributed by atoms with Gasteiger partial charge >= 0.3 is 0 Å². The van der Waals surface area contributed by atoms with Crippen molar-refractivity contribution in [2.24, 2.45) is 0 Å².